The molecule has 2 nitrogen and oxygen atoms in total. The van der Waals surface area contributed by atoms with Crippen molar-refractivity contribution in [2.45, 2.75) is 72.7 Å². The summed E-state index contributed by atoms with van der Waals surface area (Å²) >= 11 is 0. The van der Waals surface area contributed by atoms with E-state index in [2.05, 4.69) is 6.92 Å². The van der Waals surface area contributed by atoms with Gasteiger partial charge in [0.05, 0.1) is 31.4 Å². The molecule has 20 heavy (non-hydrogen) atoms. The molecule has 1 aliphatic rings. The fourth-order valence-electron chi connectivity index (χ4n) is 2.70. The maximum absolute atomic E-state index is 12.6. The van der Waals surface area contributed by atoms with Gasteiger partial charge >= 0.3 is 0 Å². The third kappa shape index (κ3) is 3.06. The van der Waals surface area contributed by atoms with E-state index in [1.54, 1.807) is 0 Å². The van der Waals surface area contributed by atoms with Crippen molar-refractivity contribution in [3.63, 3.8) is 0 Å². The average Bonchev–Trinajstić information content (AvgIpc) is 2.66. The molecule has 1 aliphatic heterocycles. The van der Waals surface area contributed by atoms with E-state index in [1.807, 2.05) is 31.2 Å². The molecule has 0 bridgehead atoms. The first-order valence-electron chi connectivity index (χ1n) is 7.54. The summed E-state index contributed by atoms with van der Waals surface area (Å²) in [5.41, 5.74) is 0. The Morgan fingerprint density at radius 2 is 1.40 bits per heavy atom. The van der Waals surface area contributed by atoms with E-state index < -0.39 is 25.7 Å². The fourth-order valence-corrected chi connectivity index (χ4v) is 6.74. The average molecular weight is 313 g/mol. The van der Waals surface area contributed by atoms with Crippen molar-refractivity contribution < 1.29 is 8.42 Å². The third-order valence-electron chi connectivity index (χ3n) is 4.02. The van der Waals surface area contributed by atoms with Crippen LogP contribution < -0.4 is 0 Å². The van der Waals surface area contributed by atoms with Crippen molar-refractivity contribution in [1.82, 2.24) is 0 Å². The van der Waals surface area contributed by atoms with Crippen molar-refractivity contribution in [1.29, 1.82) is 0 Å². The lowest BCUT2D eigenvalue weighted by atomic mass is 10.1. The summed E-state index contributed by atoms with van der Waals surface area (Å²) < 4.78 is 24.6. The van der Waals surface area contributed by atoms with Crippen LogP contribution >= 0.6 is 0 Å². The van der Waals surface area contributed by atoms with Crippen molar-refractivity contribution in [3.8, 4) is 0 Å². The molecule has 0 radical (unpaired) electrons. The number of rotatable bonds is 7. The largest absolute Gasteiger partial charge is 0.253 e. The van der Waals surface area contributed by atoms with E-state index in [0.717, 1.165) is 29.1 Å². The monoisotopic (exact) mass is 312 g/mol. The van der Waals surface area contributed by atoms with Gasteiger partial charge in [0.15, 0.2) is 0 Å². The molecule has 0 spiro atoms. The zero-order valence-corrected chi connectivity index (χ0v) is 14.0. The van der Waals surface area contributed by atoms with Gasteiger partial charge in [-0.3, -0.25) is 8.42 Å². The van der Waals surface area contributed by atoms with E-state index in [-0.39, 0.29) is 0 Å². The van der Waals surface area contributed by atoms with Crippen molar-refractivity contribution in [3.05, 3.63) is 24.3 Å². The van der Waals surface area contributed by atoms with Crippen LogP contribution in [0.25, 0.3) is 0 Å². The summed E-state index contributed by atoms with van der Waals surface area (Å²) in [6.45, 7) is 4.13. The number of unbranched alkanes of at least 4 members (excludes halogenated alkanes) is 5. The van der Waals surface area contributed by atoms with Gasteiger partial charge in [-0.2, -0.15) is 0 Å². The zero-order chi connectivity index (χ0) is 14.6. The maximum atomic E-state index is 12.6. The molecular weight excluding hydrogens is 288 g/mol. The van der Waals surface area contributed by atoms with Crippen LogP contribution in [0.2, 0.25) is 0 Å². The highest BCUT2D eigenvalue weighted by Gasteiger charge is 2.46. The van der Waals surface area contributed by atoms with Gasteiger partial charge in [-0.05, 0) is 25.5 Å². The Bertz CT molecular complexity index is 476. The Morgan fingerprint density at radius 3 is 1.95 bits per heavy atom. The summed E-state index contributed by atoms with van der Waals surface area (Å²) in [7, 11) is -2.28. The lowest BCUT2D eigenvalue weighted by molar-refractivity contribution is 0.565. The summed E-state index contributed by atoms with van der Waals surface area (Å²) in [6, 6.07) is 7.47. The number of benzene rings is 1. The Morgan fingerprint density at radius 1 is 0.900 bits per heavy atom. The smallest absolute Gasteiger partial charge is 0.127 e. The predicted octanol–water partition coefficient (Wildman–Crippen LogP) is 4.38. The summed E-state index contributed by atoms with van der Waals surface area (Å²) in [4.78, 5) is 1.55. The zero-order valence-electron chi connectivity index (χ0n) is 12.4. The number of hydrogen-bond acceptors (Lipinski definition) is 2. The molecule has 0 saturated heterocycles. The molecule has 1 heterocycles. The van der Waals surface area contributed by atoms with Gasteiger partial charge in [0.2, 0.25) is 0 Å². The van der Waals surface area contributed by atoms with E-state index in [0.29, 0.717) is 0 Å². The van der Waals surface area contributed by atoms with E-state index in [9.17, 15) is 8.42 Å². The molecule has 1 aromatic carbocycles. The second kappa shape index (κ2) is 6.99. The molecule has 0 fully saturated rings. The van der Waals surface area contributed by atoms with Gasteiger partial charge in [-0.1, -0.05) is 57.6 Å². The standard InChI is InChI=1S/C16H24O2S2/c1-3-4-5-6-7-10-13-16(2)19(17)14-11-8-9-12-15(14)20(16)18/h8-9,11-12H,3-7,10,13H2,1-2H3. The second-order valence-corrected chi connectivity index (χ2v) is 9.65. The van der Waals surface area contributed by atoms with Crippen LogP contribution in [0.15, 0.2) is 34.1 Å². The molecular formula is C16H24O2S2. The normalized spacial score (nSPS) is 28.5. The Kier molecular flexibility index (Phi) is 5.56. The quantitative estimate of drug-likeness (QED) is 0.700. The summed E-state index contributed by atoms with van der Waals surface area (Å²) in [6.07, 6.45) is 8.01. The molecule has 2 unspecified atom stereocenters. The molecule has 112 valence electrons. The topological polar surface area (TPSA) is 34.1 Å². The molecule has 4 heteroatoms. The van der Waals surface area contributed by atoms with Gasteiger partial charge in [-0.15, -0.1) is 0 Å². The minimum absolute atomic E-state index is 0.589. The molecule has 0 aromatic heterocycles. The van der Waals surface area contributed by atoms with Crippen LogP contribution in [0, 0.1) is 0 Å². The number of hydrogen-bond donors (Lipinski definition) is 0. The molecule has 0 aliphatic carbocycles. The Labute approximate surface area is 127 Å². The van der Waals surface area contributed by atoms with Crippen molar-refractivity contribution in [2.75, 3.05) is 0 Å². The van der Waals surface area contributed by atoms with Gasteiger partial charge in [-0.25, -0.2) is 0 Å². The lowest BCUT2D eigenvalue weighted by Gasteiger charge is -2.20. The molecule has 1 aromatic rings. The van der Waals surface area contributed by atoms with Crippen LogP contribution in [0.3, 0.4) is 0 Å². The van der Waals surface area contributed by atoms with Crippen LogP contribution in [0.5, 0.6) is 0 Å². The lowest BCUT2D eigenvalue weighted by Crippen LogP contribution is -2.30. The summed E-state index contributed by atoms with van der Waals surface area (Å²) in [5, 5.41) is 0. The van der Waals surface area contributed by atoms with E-state index in [1.165, 1.54) is 25.7 Å². The van der Waals surface area contributed by atoms with Crippen LogP contribution in [0.4, 0.5) is 0 Å². The van der Waals surface area contributed by atoms with E-state index in [4.69, 9.17) is 0 Å². The predicted molar refractivity (Wildman–Crippen MR) is 85.7 cm³/mol. The maximum Gasteiger partial charge on any atom is 0.127 e. The number of fused-ring (bicyclic) bond motifs is 1. The van der Waals surface area contributed by atoms with Gasteiger partial charge in [0, 0.05) is 0 Å². The second-order valence-electron chi connectivity index (χ2n) is 5.64. The van der Waals surface area contributed by atoms with Crippen LogP contribution in [0.1, 0.15) is 58.8 Å². The minimum atomic E-state index is -1.14. The first kappa shape index (κ1) is 15.9. The third-order valence-corrected chi connectivity index (χ3v) is 8.54. The van der Waals surface area contributed by atoms with Crippen molar-refractivity contribution >= 4 is 21.6 Å². The van der Waals surface area contributed by atoms with E-state index >= 15 is 0 Å². The molecule has 0 saturated carbocycles. The molecule has 2 atom stereocenters. The highest BCUT2D eigenvalue weighted by atomic mass is 32.2. The van der Waals surface area contributed by atoms with Crippen LogP contribution in [-0.4, -0.2) is 12.5 Å². The first-order chi connectivity index (χ1) is 9.61. The Hall–Kier alpha value is -0.480. The van der Waals surface area contributed by atoms with Gasteiger partial charge in [0.25, 0.3) is 0 Å². The van der Waals surface area contributed by atoms with Crippen LogP contribution in [-0.2, 0) is 21.6 Å². The fraction of sp³-hybridized carbons (Fsp3) is 0.625. The SMILES string of the molecule is CCCCCCCCC1(C)S(=O)c2ccccc2S1=O. The highest BCUT2D eigenvalue weighted by Crippen LogP contribution is 2.42. The van der Waals surface area contributed by atoms with Crippen molar-refractivity contribution in [2.24, 2.45) is 0 Å². The van der Waals surface area contributed by atoms with Gasteiger partial charge in [0.1, 0.15) is 4.08 Å². The minimum Gasteiger partial charge on any atom is -0.253 e. The van der Waals surface area contributed by atoms with Gasteiger partial charge < -0.3 is 0 Å². The Balaban J connectivity index is 1.95. The molecule has 0 N–H and O–H groups in total. The molecule has 2 rings (SSSR count). The first-order valence-corrected chi connectivity index (χ1v) is 9.84. The highest BCUT2D eigenvalue weighted by molar-refractivity contribution is 8.06. The molecule has 0 amide bonds. The summed E-state index contributed by atoms with van der Waals surface area (Å²) in [5.74, 6) is 0.